The molecule has 12 heteroatoms. The molecule has 4 rings (SSSR count). The summed E-state index contributed by atoms with van der Waals surface area (Å²) in [5.41, 5.74) is 0.515. The number of hydrogen-bond donors (Lipinski definition) is 1. The Bertz CT molecular complexity index is 1160. The van der Waals surface area contributed by atoms with E-state index in [-0.39, 0.29) is 16.3 Å². The Morgan fingerprint density at radius 2 is 1.42 bits per heavy atom. The predicted molar refractivity (Wildman–Crippen MR) is 122 cm³/mol. The fraction of sp³-hybridized carbons (Fsp3) is 0.476. The maximum absolute atomic E-state index is 13.3. The van der Waals surface area contributed by atoms with Crippen molar-refractivity contribution in [3.05, 3.63) is 36.7 Å². The molecule has 0 saturated carbocycles. The van der Waals surface area contributed by atoms with Gasteiger partial charge in [0.25, 0.3) is 0 Å². The highest BCUT2D eigenvalue weighted by Crippen LogP contribution is 2.31. The molecule has 0 radical (unpaired) electrons. The molecule has 1 N–H and O–H groups in total. The third-order valence-corrected chi connectivity index (χ3v) is 9.84. The number of benzene rings is 1. The summed E-state index contributed by atoms with van der Waals surface area (Å²) in [5.74, 6) is 0.153. The topological polar surface area (TPSA) is 118 Å². The van der Waals surface area contributed by atoms with Gasteiger partial charge in [-0.25, -0.2) is 16.8 Å². The summed E-state index contributed by atoms with van der Waals surface area (Å²) in [7, 11) is -6.49. The zero-order valence-electron chi connectivity index (χ0n) is 18.4. The molecule has 1 amide bonds. The van der Waals surface area contributed by atoms with Gasteiger partial charge in [0.2, 0.25) is 26.0 Å². The lowest BCUT2D eigenvalue weighted by atomic mass is 10.3. The van der Waals surface area contributed by atoms with E-state index in [9.17, 15) is 21.6 Å². The first-order chi connectivity index (χ1) is 15.7. The number of carbonyl (C=O) groups excluding carboxylic acids is 1. The van der Waals surface area contributed by atoms with Crippen LogP contribution < -0.4 is 10.1 Å². The summed E-state index contributed by atoms with van der Waals surface area (Å²) < 4.78 is 62.3. The van der Waals surface area contributed by atoms with Crippen LogP contribution in [0.25, 0.3) is 0 Å². The predicted octanol–water partition coefficient (Wildman–Crippen LogP) is 1.70. The van der Waals surface area contributed by atoms with Crippen molar-refractivity contribution in [3.8, 4) is 5.75 Å². The first kappa shape index (κ1) is 23.7. The summed E-state index contributed by atoms with van der Waals surface area (Å²) >= 11 is 0. The van der Waals surface area contributed by atoms with Gasteiger partial charge in [0.05, 0.1) is 7.11 Å². The number of hydrogen-bond acceptors (Lipinski definition) is 6. The van der Waals surface area contributed by atoms with E-state index in [4.69, 9.17) is 4.74 Å². The van der Waals surface area contributed by atoms with E-state index in [0.29, 0.717) is 37.6 Å². The minimum absolute atomic E-state index is 0.241. The molecule has 0 bridgehead atoms. The number of rotatable bonds is 8. The van der Waals surface area contributed by atoms with E-state index in [1.54, 1.807) is 24.3 Å². The average molecular weight is 497 g/mol. The summed E-state index contributed by atoms with van der Waals surface area (Å²) in [6.45, 7) is 1.18. The van der Waals surface area contributed by atoms with Gasteiger partial charge in [0.15, 0.2) is 0 Å². The van der Waals surface area contributed by atoms with E-state index in [1.165, 1.54) is 32.7 Å². The third kappa shape index (κ3) is 4.93. The van der Waals surface area contributed by atoms with E-state index >= 15 is 0 Å². The quantitative estimate of drug-likeness (QED) is 0.594. The molecule has 2 aliphatic rings. The first-order valence-electron chi connectivity index (χ1n) is 10.9. The highest BCUT2D eigenvalue weighted by atomic mass is 32.2. The third-order valence-electron chi connectivity index (χ3n) is 5.85. The van der Waals surface area contributed by atoms with Crippen molar-refractivity contribution in [2.75, 3.05) is 38.6 Å². The molecule has 0 spiro atoms. The molecule has 0 atom stereocenters. The van der Waals surface area contributed by atoms with Crippen molar-refractivity contribution in [1.82, 2.24) is 13.2 Å². The maximum Gasteiger partial charge on any atom is 0.245 e. The second-order valence-electron chi connectivity index (χ2n) is 8.16. The van der Waals surface area contributed by atoms with Crippen LogP contribution in [-0.4, -0.2) is 69.2 Å². The van der Waals surface area contributed by atoms with Gasteiger partial charge in [-0.1, -0.05) is 6.07 Å². The molecule has 2 saturated heterocycles. The van der Waals surface area contributed by atoms with Crippen LogP contribution in [0.3, 0.4) is 0 Å². The smallest absolute Gasteiger partial charge is 0.245 e. The number of amides is 1. The second-order valence-corrected chi connectivity index (χ2v) is 12.0. The lowest BCUT2D eigenvalue weighted by Crippen LogP contribution is -2.32. The molecule has 2 aromatic rings. The minimum Gasteiger partial charge on any atom is -0.497 e. The normalized spacial score (nSPS) is 18.0. The zero-order chi connectivity index (χ0) is 23.6. The fourth-order valence-electron chi connectivity index (χ4n) is 4.15. The number of anilines is 1. The Labute approximate surface area is 194 Å². The van der Waals surface area contributed by atoms with Crippen molar-refractivity contribution in [1.29, 1.82) is 0 Å². The Hall–Kier alpha value is -2.41. The zero-order valence-corrected chi connectivity index (χ0v) is 20.1. The Morgan fingerprint density at radius 3 is 1.91 bits per heavy atom. The largest absolute Gasteiger partial charge is 0.497 e. The van der Waals surface area contributed by atoms with Crippen LogP contribution in [0, 0.1) is 0 Å². The molecule has 1 aromatic carbocycles. The van der Waals surface area contributed by atoms with E-state index in [1.807, 2.05) is 0 Å². The van der Waals surface area contributed by atoms with Gasteiger partial charge in [-0.15, -0.1) is 0 Å². The van der Waals surface area contributed by atoms with Gasteiger partial charge in [0, 0.05) is 50.3 Å². The average Bonchev–Trinajstić information content (AvgIpc) is 3.55. The van der Waals surface area contributed by atoms with Crippen molar-refractivity contribution < 1.29 is 26.4 Å². The van der Waals surface area contributed by atoms with Crippen molar-refractivity contribution in [3.63, 3.8) is 0 Å². The van der Waals surface area contributed by atoms with Crippen LogP contribution in [-0.2, 0) is 31.4 Å². The van der Waals surface area contributed by atoms with Crippen LogP contribution in [0.4, 0.5) is 5.69 Å². The Kier molecular flexibility index (Phi) is 6.80. The number of aromatic nitrogens is 1. The van der Waals surface area contributed by atoms with Crippen LogP contribution in [0.5, 0.6) is 5.75 Å². The van der Waals surface area contributed by atoms with Crippen LogP contribution >= 0.6 is 0 Å². The molecule has 0 aliphatic carbocycles. The second kappa shape index (κ2) is 9.45. The molecule has 180 valence electrons. The molecule has 2 aliphatic heterocycles. The fourth-order valence-corrected chi connectivity index (χ4v) is 7.96. The van der Waals surface area contributed by atoms with Gasteiger partial charge in [-0.3, -0.25) is 4.79 Å². The number of nitrogens with one attached hydrogen (secondary N) is 1. The molecule has 10 nitrogen and oxygen atoms in total. The van der Waals surface area contributed by atoms with Crippen molar-refractivity contribution in [2.45, 2.75) is 42.0 Å². The standard InChI is InChI=1S/C21H28N4O6S2/c1-31-18-8-6-7-17(13-18)22-21(26)16-23-14-19(32(27,28)24-9-2-3-10-24)20(15-23)33(29,30)25-11-4-5-12-25/h6-8,13-15H,2-5,9-12,16H2,1H3,(H,22,26). The highest BCUT2D eigenvalue weighted by molar-refractivity contribution is 7.92. The van der Waals surface area contributed by atoms with Gasteiger partial charge >= 0.3 is 0 Å². The molecular formula is C21H28N4O6S2. The SMILES string of the molecule is COc1cccc(NC(=O)Cn2cc(S(=O)(=O)N3CCCC3)c(S(=O)(=O)N3CCCC3)c2)c1. The maximum atomic E-state index is 13.3. The van der Waals surface area contributed by atoms with Crippen LogP contribution in [0.1, 0.15) is 25.7 Å². The highest BCUT2D eigenvalue weighted by Gasteiger charge is 2.38. The lowest BCUT2D eigenvalue weighted by Gasteiger charge is -2.18. The number of nitrogens with zero attached hydrogens (tertiary/aromatic N) is 3. The Balaban J connectivity index is 1.65. The molecule has 3 heterocycles. The number of methoxy groups -OCH3 is 1. The van der Waals surface area contributed by atoms with E-state index in [2.05, 4.69) is 5.32 Å². The van der Waals surface area contributed by atoms with Gasteiger partial charge in [-0.2, -0.15) is 8.61 Å². The number of sulfonamides is 2. The minimum atomic E-state index is -4.01. The Morgan fingerprint density at radius 1 is 0.909 bits per heavy atom. The summed E-state index contributed by atoms with van der Waals surface area (Å²) in [6.07, 6.45) is 5.44. The molecule has 2 fully saturated rings. The lowest BCUT2D eigenvalue weighted by molar-refractivity contribution is -0.116. The molecule has 0 unspecified atom stereocenters. The van der Waals surface area contributed by atoms with Crippen molar-refractivity contribution >= 4 is 31.6 Å². The molecule has 33 heavy (non-hydrogen) atoms. The summed E-state index contributed by atoms with van der Waals surface area (Å²) in [5, 5.41) is 2.72. The summed E-state index contributed by atoms with van der Waals surface area (Å²) in [6, 6.07) is 6.82. The molecule has 1 aromatic heterocycles. The van der Waals surface area contributed by atoms with Crippen molar-refractivity contribution in [2.24, 2.45) is 0 Å². The van der Waals surface area contributed by atoms with Crippen LogP contribution in [0.15, 0.2) is 46.5 Å². The van der Waals surface area contributed by atoms with Gasteiger partial charge in [-0.05, 0) is 37.8 Å². The number of carbonyl (C=O) groups is 1. The van der Waals surface area contributed by atoms with Crippen LogP contribution in [0.2, 0.25) is 0 Å². The van der Waals surface area contributed by atoms with E-state index < -0.39 is 26.0 Å². The van der Waals surface area contributed by atoms with E-state index in [0.717, 1.165) is 25.7 Å². The summed E-state index contributed by atoms with van der Waals surface area (Å²) in [4.78, 5) is 12.1. The molecular weight excluding hydrogens is 468 g/mol. The van der Waals surface area contributed by atoms with Gasteiger partial charge < -0.3 is 14.6 Å². The first-order valence-corrected chi connectivity index (χ1v) is 13.7. The monoisotopic (exact) mass is 496 g/mol. The number of ether oxygens (including phenoxy) is 1. The van der Waals surface area contributed by atoms with Gasteiger partial charge in [0.1, 0.15) is 22.1 Å².